The van der Waals surface area contributed by atoms with E-state index in [2.05, 4.69) is 11.4 Å². The van der Waals surface area contributed by atoms with Gasteiger partial charge in [0.05, 0.1) is 5.56 Å². The van der Waals surface area contributed by atoms with E-state index >= 15 is 0 Å². The van der Waals surface area contributed by atoms with Crippen LogP contribution in [0.25, 0.3) is 11.1 Å². The van der Waals surface area contributed by atoms with Gasteiger partial charge in [-0.3, -0.25) is 0 Å². The summed E-state index contributed by atoms with van der Waals surface area (Å²) in [5.41, 5.74) is 8.06. The number of benzene rings is 2. The number of hydrogen-bond acceptors (Lipinski definition) is 2. The van der Waals surface area contributed by atoms with Gasteiger partial charge in [0.25, 0.3) is 0 Å². The van der Waals surface area contributed by atoms with Crippen LogP contribution in [-0.4, -0.2) is 18.1 Å². The van der Waals surface area contributed by atoms with Crippen LogP contribution in [0.3, 0.4) is 0 Å². The van der Waals surface area contributed by atoms with Crippen molar-refractivity contribution in [3.8, 4) is 11.1 Å². The third kappa shape index (κ3) is 4.19. The summed E-state index contributed by atoms with van der Waals surface area (Å²) in [6.45, 7) is 0. The molecule has 2 aliphatic carbocycles. The molecule has 2 fully saturated rings. The van der Waals surface area contributed by atoms with Gasteiger partial charge in [0.2, 0.25) is 0 Å². The predicted octanol–water partition coefficient (Wildman–Crippen LogP) is 5.09. The van der Waals surface area contributed by atoms with Crippen LogP contribution in [0.5, 0.6) is 0 Å². The lowest BCUT2D eigenvalue weighted by Crippen LogP contribution is -2.38. The molecule has 0 spiro atoms. The Balaban J connectivity index is 1.51. The molecule has 0 heterocycles. The van der Waals surface area contributed by atoms with E-state index in [0.29, 0.717) is 29.6 Å². The van der Waals surface area contributed by atoms with Crippen LogP contribution in [0.1, 0.15) is 49.1 Å². The first kappa shape index (κ1) is 18.5. The maximum atomic E-state index is 13.1. The quantitative estimate of drug-likeness (QED) is 0.782. The van der Waals surface area contributed by atoms with Crippen LogP contribution in [0.15, 0.2) is 48.5 Å². The fraction of sp³-hybridized carbons (Fsp3) is 0.455. The lowest BCUT2D eigenvalue weighted by atomic mass is 9.91. The monoisotopic (exact) mass is 374 g/mol. The average molecular weight is 374 g/mol. The minimum absolute atomic E-state index is 0.333. The molecule has 0 saturated heterocycles. The Morgan fingerprint density at radius 3 is 2.41 bits per heavy atom. The van der Waals surface area contributed by atoms with E-state index in [4.69, 9.17) is 5.73 Å². The largest absolute Gasteiger partial charge is 0.416 e. The Labute approximate surface area is 158 Å². The van der Waals surface area contributed by atoms with Crippen LogP contribution >= 0.6 is 0 Å². The molecular weight excluding hydrogens is 349 g/mol. The van der Waals surface area contributed by atoms with Crippen molar-refractivity contribution in [3.63, 3.8) is 0 Å². The van der Waals surface area contributed by atoms with Crippen molar-refractivity contribution in [2.45, 2.75) is 62.3 Å². The first-order valence-electron chi connectivity index (χ1n) is 9.70. The summed E-state index contributed by atoms with van der Waals surface area (Å²) in [4.78, 5) is 0. The first-order chi connectivity index (χ1) is 12.9. The smallest absolute Gasteiger partial charge is 0.328 e. The highest BCUT2D eigenvalue weighted by Crippen LogP contribution is 2.46. The maximum Gasteiger partial charge on any atom is 0.416 e. The summed E-state index contributed by atoms with van der Waals surface area (Å²) in [5.74, 6) is 0.367. The van der Waals surface area contributed by atoms with Gasteiger partial charge in [-0.15, -0.1) is 0 Å². The number of alkyl halides is 3. The van der Waals surface area contributed by atoms with Gasteiger partial charge in [-0.25, -0.2) is 0 Å². The molecule has 0 aromatic heterocycles. The normalized spacial score (nSPS) is 28.1. The van der Waals surface area contributed by atoms with Crippen LogP contribution in [0.2, 0.25) is 0 Å². The van der Waals surface area contributed by atoms with Crippen LogP contribution in [-0.2, 0) is 6.18 Å². The molecule has 0 radical (unpaired) electrons. The molecule has 2 atom stereocenters. The van der Waals surface area contributed by atoms with E-state index in [1.165, 1.54) is 12.1 Å². The van der Waals surface area contributed by atoms with Gasteiger partial charge < -0.3 is 11.1 Å². The van der Waals surface area contributed by atoms with Crippen molar-refractivity contribution in [2.75, 3.05) is 0 Å². The zero-order valence-corrected chi connectivity index (χ0v) is 15.2. The van der Waals surface area contributed by atoms with Gasteiger partial charge in [-0.2, -0.15) is 13.2 Å². The highest BCUT2D eigenvalue weighted by molar-refractivity contribution is 5.69. The van der Waals surface area contributed by atoms with Gasteiger partial charge in [-0.1, -0.05) is 36.4 Å². The molecule has 0 aliphatic heterocycles. The highest BCUT2D eigenvalue weighted by Gasteiger charge is 2.41. The van der Waals surface area contributed by atoms with Gasteiger partial charge >= 0.3 is 6.18 Å². The summed E-state index contributed by atoms with van der Waals surface area (Å²) >= 11 is 0. The van der Waals surface area contributed by atoms with Crippen molar-refractivity contribution in [1.29, 1.82) is 0 Å². The molecule has 2 aliphatic rings. The summed E-state index contributed by atoms with van der Waals surface area (Å²) in [6, 6.07) is 14.8. The molecular formula is C22H25F3N2. The minimum atomic E-state index is -4.32. The van der Waals surface area contributed by atoms with Gasteiger partial charge in [0, 0.05) is 24.0 Å². The van der Waals surface area contributed by atoms with E-state index in [-0.39, 0.29) is 0 Å². The van der Waals surface area contributed by atoms with Crippen molar-refractivity contribution in [3.05, 3.63) is 59.7 Å². The highest BCUT2D eigenvalue weighted by atomic mass is 19.4. The fourth-order valence-electron chi connectivity index (χ4n) is 4.26. The zero-order valence-electron chi connectivity index (χ0n) is 15.2. The zero-order chi connectivity index (χ0) is 19.0. The average Bonchev–Trinajstić information content (AvgIpc) is 3.42. The molecule has 2 aromatic rings. The second kappa shape index (κ2) is 7.28. The third-order valence-electron chi connectivity index (χ3n) is 5.87. The van der Waals surface area contributed by atoms with E-state index in [0.717, 1.165) is 49.3 Å². The topological polar surface area (TPSA) is 38.0 Å². The molecule has 5 heteroatoms. The second-order valence-corrected chi connectivity index (χ2v) is 7.89. The van der Waals surface area contributed by atoms with Crippen molar-refractivity contribution < 1.29 is 13.2 Å². The number of rotatable bonds is 4. The molecule has 3 N–H and O–H groups in total. The molecule has 0 unspecified atom stereocenters. The van der Waals surface area contributed by atoms with Crippen molar-refractivity contribution in [2.24, 2.45) is 5.73 Å². The molecule has 2 nitrogen and oxygen atoms in total. The van der Waals surface area contributed by atoms with Gasteiger partial charge in [0.15, 0.2) is 0 Å². The number of nitrogens with two attached hydrogens (primary N) is 1. The van der Waals surface area contributed by atoms with Crippen LogP contribution < -0.4 is 11.1 Å². The first-order valence-corrected chi connectivity index (χ1v) is 9.70. The Morgan fingerprint density at radius 2 is 1.67 bits per heavy atom. The molecule has 0 bridgehead atoms. The van der Waals surface area contributed by atoms with Gasteiger partial charge in [0.1, 0.15) is 0 Å². The molecule has 2 aromatic carbocycles. The van der Waals surface area contributed by atoms with E-state index in [1.807, 2.05) is 18.2 Å². The molecule has 4 rings (SSSR count). The Morgan fingerprint density at radius 1 is 0.926 bits per heavy atom. The Kier molecular flexibility index (Phi) is 4.99. The lowest BCUT2D eigenvalue weighted by Gasteiger charge is -2.27. The maximum absolute atomic E-state index is 13.1. The minimum Gasteiger partial charge on any atom is -0.328 e. The summed E-state index contributed by atoms with van der Waals surface area (Å²) in [6.07, 6.45) is 1.07. The standard InChI is InChI=1S/C22H25F3N2/c23-22(24,25)15-5-3-4-14(12-15)18-6-1-2-7-19(18)20-13-21(20)27-17-10-8-16(26)9-11-17/h1-7,12,16-17,20-21,27H,8-11,13,26H2/t16?,17?,20-,21+/m0/s1. The predicted molar refractivity (Wildman–Crippen MR) is 101 cm³/mol. The summed E-state index contributed by atoms with van der Waals surface area (Å²) < 4.78 is 39.3. The van der Waals surface area contributed by atoms with E-state index in [9.17, 15) is 13.2 Å². The van der Waals surface area contributed by atoms with Crippen LogP contribution in [0.4, 0.5) is 13.2 Å². The molecule has 27 heavy (non-hydrogen) atoms. The summed E-state index contributed by atoms with van der Waals surface area (Å²) in [7, 11) is 0. The van der Waals surface area contributed by atoms with Crippen LogP contribution in [0, 0.1) is 0 Å². The van der Waals surface area contributed by atoms with E-state index < -0.39 is 11.7 Å². The lowest BCUT2D eigenvalue weighted by molar-refractivity contribution is -0.137. The Bertz CT molecular complexity index is 794. The van der Waals surface area contributed by atoms with Crippen molar-refractivity contribution >= 4 is 0 Å². The Hall–Kier alpha value is -1.85. The second-order valence-electron chi connectivity index (χ2n) is 7.89. The molecule has 144 valence electrons. The van der Waals surface area contributed by atoms with Crippen molar-refractivity contribution in [1.82, 2.24) is 5.32 Å². The molecule has 0 amide bonds. The molecule has 2 saturated carbocycles. The number of halogens is 3. The summed E-state index contributed by atoms with van der Waals surface area (Å²) in [5, 5.41) is 3.74. The fourth-order valence-corrected chi connectivity index (χ4v) is 4.26. The number of nitrogens with one attached hydrogen (secondary N) is 1. The third-order valence-corrected chi connectivity index (χ3v) is 5.87. The van der Waals surface area contributed by atoms with Gasteiger partial charge in [-0.05, 0) is 60.9 Å². The number of hydrogen-bond donors (Lipinski definition) is 2. The SMILES string of the molecule is NC1CCC(N[C@@H]2C[C@H]2c2ccccc2-c2cccc(C(F)(F)F)c2)CC1. The van der Waals surface area contributed by atoms with E-state index in [1.54, 1.807) is 6.07 Å².